The van der Waals surface area contributed by atoms with Gasteiger partial charge in [0.2, 0.25) is 0 Å². The van der Waals surface area contributed by atoms with Crippen LogP contribution in [0, 0.1) is 11.8 Å². The van der Waals surface area contributed by atoms with Crippen molar-refractivity contribution in [2.24, 2.45) is 11.8 Å². The second kappa shape index (κ2) is 3.44. The van der Waals surface area contributed by atoms with Crippen LogP contribution in [0.5, 0.6) is 0 Å². The lowest BCUT2D eigenvalue weighted by Crippen LogP contribution is -2.06. The van der Waals surface area contributed by atoms with Gasteiger partial charge in [-0.25, -0.2) is 0 Å². The summed E-state index contributed by atoms with van der Waals surface area (Å²) in [7, 11) is 0. The van der Waals surface area contributed by atoms with E-state index in [1.807, 2.05) is 6.92 Å². The summed E-state index contributed by atoms with van der Waals surface area (Å²) in [4.78, 5) is 10.2. The molecular formula is C8H14O. The summed E-state index contributed by atoms with van der Waals surface area (Å²) >= 11 is 0. The van der Waals surface area contributed by atoms with Crippen molar-refractivity contribution in [1.82, 2.24) is 0 Å². The maximum atomic E-state index is 10.2. The predicted octanol–water partition coefficient (Wildman–Crippen LogP) is 2.03. The van der Waals surface area contributed by atoms with Gasteiger partial charge in [0.1, 0.15) is 6.29 Å². The molecule has 0 radical (unpaired) electrons. The average molecular weight is 126 g/mol. The van der Waals surface area contributed by atoms with Gasteiger partial charge < -0.3 is 0 Å². The smallest absolute Gasteiger partial charge is 0.145 e. The van der Waals surface area contributed by atoms with E-state index >= 15 is 0 Å². The second-order valence-electron chi connectivity index (χ2n) is 2.73. The van der Waals surface area contributed by atoms with Gasteiger partial charge >= 0.3 is 0 Å². The number of aldehydes is 1. The third kappa shape index (κ3) is 2.45. The summed E-state index contributed by atoms with van der Waals surface area (Å²) in [6.07, 6.45) is 0.838. The summed E-state index contributed by atoms with van der Waals surface area (Å²) in [5.74, 6) is 0.838. The van der Waals surface area contributed by atoms with Crippen LogP contribution in [-0.2, 0) is 4.79 Å². The van der Waals surface area contributed by atoms with E-state index in [1.54, 1.807) is 0 Å². The monoisotopic (exact) mass is 126 g/mol. The molecule has 0 aliphatic carbocycles. The highest BCUT2D eigenvalue weighted by molar-refractivity contribution is 5.72. The van der Waals surface area contributed by atoms with Crippen LogP contribution in [0.3, 0.4) is 0 Å². The third-order valence-corrected chi connectivity index (χ3v) is 1.74. The van der Waals surface area contributed by atoms with Crippen molar-refractivity contribution in [2.75, 3.05) is 0 Å². The highest BCUT2D eigenvalue weighted by Crippen LogP contribution is 2.15. The van der Waals surface area contributed by atoms with Gasteiger partial charge in [-0.1, -0.05) is 27.4 Å². The van der Waals surface area contributed by atoms with E-state index in [0.717, 1.165) is 6.29 Å². The number of rotatable bonds is 3. The Hall–Kier alpha value is -0.590. The molecule has 0 amide bonds. The zero-order valence-electron chi connectivity index (χ0n) is 6.35. The summed E-state index contributed by atoms with van der Waals surface area (Å²) in [5, 5.41) is 0. The van der Waals surface area contributed by atoms with Crippen LogP contribution in [0.25, 0.3) is 0 Å². The molecule has 0 N–H and O–H groups in total. The zero-order valence-corrected chi connectivity index (χ0v) is 6.35. The molecule has 0 aromatic carbocycles. The molecule has 1 heteroatoms. The molecule has 0 aliphatic heterocycles. The van der Waals surface area contributed by atoms with Gasteiger partial charge in [0.15, 0.2) is 0 Å². The Morgan fingerprint density at radius 2 is 1.89 bits per heavy atom. The van der Waals surface area contributed by atoms with Gasteiger partial charge in [-0.2, -0.15) is 0 Å². The average Bonchev–Trinajstić information content (AvgIpc) is 1.84. The highest BCUT2D eigenvalue weighted by atomic mass is 16.1. The maximum Gasteiger partial charge on any atom is 0.145 e. The number of hydrogen-bond donors (Lipinski definition) is 0. The van der Waals surface area contributed by atoms with Gasteiger partial charge in [-0.15, -0.1) is 0 Å². The summed E-state index contributed by atoms with van der Waals surface area (Å²) in [6, 6.07) is 0. The molecule has 0 aliphatic rings. The standard InChI is InChI=1S/C8H14O/c1-6(2)8(4)7(3)5-9/h5-6,8H,3H2,1-2,4H3. The molecule has 0 heterocycles. The Labute approximate surface area is 56.8 Å². The molecule has 0 aromatic heterocycles. The van der Waals surface area contributed by atoms with E-state index in [4.69, 9.17) is 0 Å². The van der Waals surface area contributed by atoms with Crippen LogP contribution < -0.4 is 0 Å². The van der Waals surface area contributed by atoms with E-state index in [0.29, 0.717) is 17.4 Å². The van der Waals surface area contributed by atoms with Crippen molar-refractivity contribution in [1.29, 1.82) is 0 Å². The maximum absolute atomic E-state index is 10.2. The van der Waals surface area contributed by atoms with E-state index in [-0.39, 0.29) is 0 Å². The van der Waals surface area contributed by atoms with Crippen LogP contribution >= 0.6 is 0 Å². The Morgan fingerprint density at radius 1 is 1.44 bits per heavy atom. The van der Waals surface area contributed by atoms with Gasteiger partial charge in [0.05, 0.1) is 0 Å². The normalized spacial score (nSPS) is 13.3. The number of carbonyl (C=O) groups is 1. The molecule has 1 unspecified atom stereocenters. The Balaban J connectivity index is 3.87. The Bertz CT molecular complexity index is 114. The lowest BCUT2D eigenvalue weighted by Gasteiger charge is -2.12. The number of carbonyl (C=O) groups excluding carboxylic acids is 1. The van der Waals surface area contributed by atoms with E-state index in [9.17, 15) is 4.79 Å². The first-order valence-corrected chi connectivity index (χ1v) is 3.23. The molecule has 0 spiro atoms. The Morgan fingerprint density at radius 3 is 2.00 bits per heavy atom. The van der Waals surface area contributed by atoms with Crippen molar-refractivity contribution in [3.63, 3.8) is 0 Å². The molecule has 1 atom stereocenters. The SMILES string of the molecule is C=C(C=O)C(C)C(C)C. The minimum atomic E-state index is 0.322. The third-order valence-electron chi connectivity index (χ3n) is 1.74. The molecule has 9 heavy (non-hydrogen) atoms. The van der Waals surface area contributed by atoms with E-state index in [1.165, 1.54) is 0 Å². The lowest BCUT2D eigenvalue weighted by molar-refractivity contribution is -0.105. The second-order valence-corrected chi connectivity index (χ2v) is 2.73. The van der Waals surface area contributed by atoms with Gasteiger partial charge in [-0.3, -0.25) is 4.79 Å². The molecule has 52 valence electrons. The van der Waals surface area contributed by atoms with Crippen LogP contribution in [-0.4, -0.2) is 6.29 Å². The van der Waals surface area contributed by atoms with E-state index < -0.39 is 0 Å². The first kappa shape index (κ1) is 8.41. The first-order chi connectivity index (χ1) is 4.09. The molecule has 0 saturated carbocycles. The summed E-state index contributed by atoms with van der Waals surface area (Å²) < 4.78 is 0. The fourth-order valence-corrected chi connectivity index (χ4v) is 0.535. The highest BCUT2D eigenvalue weighted by Gasteiger charge is 2.08. The predicted molar refractivity (Wildman–Crippen MR) is 39.2 cm³/mol. The summed E-state index contributed by atoms with van der Waals surface area (Å²) in [5.41, 5.74) is 0.699. The van der Waals surface area contributed by atoms with Crippen LogP contribution in [0.1, 0.15) is 20.8 Å². The lowest BCUT2D eigenvalue weighted by atomic mass is 9.92. The van der Waals surface area contributed by atoms with Gasteiger partial charge in [0, 0.05) is 0 Å². The van der Waals surface area contributed by atoms with Crippen LogP contribution in [0.2, 0.25) is 0 Å². The fraction of sp³-hybridized carbons (Fsp3) is 0.625. The minimum Gasteiger partial charge on any atom is -0.298 e. The summed E-state index contributed by atoms with van der Waals surface area (Å²) in [6.45, 7) is 9.81. The Kier molecular flexibility index (Phi) is 3.21. The fourth-order valence-electron chi connectivity index (χ4n) is 0.535. The van der Waals surface area contributed by atoms with Crippen LogP contribution in [0.4, 0.5) is 0 Å². The van der Waals surface area contributed by atoms with Crippen LogP contribution in [0.15, 0.2) is 12.2 Å². The topological polar surface area (TPSA) is 17.1 Å². The van der Waals surface area contributed by atoms with Gasteiger partial charge in [0.25, 0.3) is 0 Å². The van der Waals surface area contributed by atoms with Crippen molar-refractivity contribution < 1.29 is 4.79 Å². The van der Waals surface area contributed by atoms with Crippen molar-refractivity contribution >= 4 is 6.29 Å². The molecule has 0 bridgehead atoms. The van der Waals surface area contributed by atoms with Crippen molar-refractivity contribution in [3.05, 3.63) is 12.2 Å². The molecule has 0 rings (SSSR count). The number of allylic oxidation sites excluding steroid dienone is 1. The van der Waals surface area contributed by atoms with Crippen molar-refractivity contribution in [2.45, 2.75) is 20.8 Å². The molecule has 0 aromatic rings. The largest absolute Gasteiger partial charge is 0.298 e. The zero-order chi connectivity index (χ0) is 7.44. The minimum absolute atomic E-state index is 0.322. The van der Waals surface area contributed by atoms with Gasteiger partial charge in [-0.05, 0) is 17.4 Å². The first-order valence-electron chi connectivity index (χ1n) is 3.23. The molecule has 0 fully saturated rings. The van der Waals surface area contributed by atoms with E-state index in [2.05, 4.69) is 20.4 Å². The molecule has 0 saturated heterocycles. The quantitative estimate of drug-likeness (QED) is 0.417. The van der Waals surface area contributed by atoms with Crippen molar-refractivity contribution in [3.8, 4) is 0 Å². The number of hydrogen-bond acceptors (Lipinski definition) is 1. The molecular weight excluding hydrogens is 112 g/mol. The molecule has 1 nitrogen and oxygen atoms in total.